The third kappa shape index (κ3) is 4.02. The molecule has 1 N–H and O–H groups in total. The van der Waals surface area contributed by atoms with Crippen molar-refractivity contribution >= 4 is 11.7 Å². The molecule has 5 nitrogen and oxygen atoms in total. The predicted molar refractivity (Wildman–Crippen MR) is 93.5 cm³/mol. The molecule has 0 radical (unpaired) electrons. The Morgan fingerprint density at radius 3 is 2.80 bits per heavy atom. The van der Waals surface area contributed by atoms with E-state index in [4.69, 9.17) is 9.47 Å². The summed E-state index contributed by atoms with van der Waals surface area (Å²) < 4.78 is 24.6. The van der Waals surface area contributed by atoms with Crippen molar-refractivity contribution in [3.63, 3.8) is 0 Å². The van der Waals surface area contributed by atoms with Crippen LogP contribution in [0.5, 0.6) is 11.5 Å². The van der Waals surface area contributed by atoms with E-state index in [9.17, 15) is 9.18 Å². The van der Waals surface area contributed by atoms with Crippen LogP contribution in [-0.2, 0) is 6.54 Å². The van der Waals surface area contributed by atoms with Gasteiger partial charge in [-0.3, -0.25) is 0 Å². The molecule has 2 aromatic rings. The molecule has 3 rings (SSSR count). The molecule has 25 heavy (non-hydrogen) atoms. The average Bonchev–Trinajstić information content (AvgIpc) is 2.68. The summed E-state index contributed by atoms with van der Waals surface area (Å²) >= 11 is 0. The van der Waals surface area contributed by atoms with E-state index in [1.807, 2.05) is 32.0 Å². The summed E-state index contributed by atoms with van der Waals surface area (Å²) in [4.78, 5) is 14.3. The molecule has 0 unspecified atom stereocenters. The molecule has 1 aliphatic heterocycles. The molecule has 0 atom stereocenters. The van der Waals surface area contributed by atoms with Crippen LogP contribution in [0.4, 0.5) is 14.9 Å². The van der Waals surface area contributed by atoms with Crippen molar-refractivity contribution in [1.29, 1.82) is 0 Å². The van der Waals surface area contributed by atoms with Crippen LogP contribution < -0.4 is 14.8 Å². The van der Waals surface area contributed by atoms with Gasteiger partial charge in [0.25, 0.3) is 0 Å². The van der Waals surface area contributed by atoms with Crippen LogP contribution in [0.15, 0.2) is 42.5 Å². The third-order valence-corrected chi connectivity index (χ3v) is 3.96. The highest BCUT2D eigenvalue weighted by Gasteiger charge is 2.31. The lowest BCUT2D eigenvalue weighted by Crippen LogP contribution is -2.44. The monoisotopic (exact) mass is 344 g/mol. The van der Waals surface area contributed by atoms with E-state index in [-0.39, 0.29) is 6.03 Å². The number of hydrogen-bond donors (Lipinski definition) is 1. The number of carbonyl (C=O) groups is 1. The van der Waals surface area contributed by atoms with Crippen LogP contribution in [0.1, 0.15) is 19.4 Å². The van der Waals surface area contributed by atoms with Crippen molar-refractivity contribution in [2.45, 2.75) is 26.0 Å². The first-order chi connectivity index (χ1) is 11.9. The van der Waals surface area contributed by atoms with Crippen molar-refractivity contribution in [2.24, 2.45) is 0 Å². The second kappa shape index (κ2) is 6.63. The number of anilines is 1. The number of fused-ring (bicyclic) bond motifs is 1. The van der Waals surface area contributed by atoms with Crippen LogP contribution in [0, 0.1) is 5.82 Å². The molecule has 132 valence electrons. The lowest BCUT2D eigenvalue weighted by molar-refractivity contribution is 0.0833. The Bertz CT molecular complexity index is 792. The maximum Gasteiger partial charge on any atom is 0.322 e. The summed E-state index contributed by atoms with van der Waals surface area (Å²) in [6, 6.07) is 11.1. The Morgan fingerprint density at radius 1 is 1.28 bits per heavy atom. The lowest BCUT2D eigenvalue weighted by Gasteiger charge is -2.29. The Morgan fingerprint density at radius 2 is 2.08 bits per heavy atom. The minimum atomic E-state index is -0.573. The molecular formula is C19H21FN2O3. The van der Waals surface area contributed by atoms with Crippen molar-refractivity contribution in [1.82, 2.24) is 4.90 Å². The highest BCUT2D eigenvalue weighted by molar-refractivity contribution is 5.89. The molecule has 0 fully saturated rings. The van der Waals surface area contributed by atoms with Gasteiger partial charge in [0, 0.05) is 17.3 Å². The molecule has 0 aromatic heterocycles. The number of nitrogens with zero attached hydrogens (tertiary/aromatic N) is 1. The smallest absolute Gasteiger partial charge is 0.322 e. The predicted octanol–water partition coefficient (Wildman–Crippen LogP) is 4.04. The molecule has 0 spiro atoms. The molecule has 0 saturated carbocycles. The van der Waals surface area contributed by atoms with E-state index in [0.29, 0.717) is 30.3 Å². The fraction of sp³-hybridized carbons (Fsp3) is 0.316. The van der Waals surface area contributed by atoms with Crippen LogP contribution in [0.3, 0.4) is 0 Å². The number of hydrogen-bond acceptors (Lipinski definition) is 3. The average molecular weight is 344 g/mol. The number of halogens is 1. The van der Waals surface area contributed by atoms with Gasteiger partial charge in [0.15, 0.2) is 0 Å². The summed E-state index contributed by atoms with van der Waals surface area (Å²) in [6.07, 6.45) is 0. The molecule has 0 bridgehead atoms. The molecule has 1 heterocycles. The van der Waals surface area contributed by atoms with E-state index in [1.165, 1.54) is 12.1 Å². The molecular weight excluding hydrogens is 323 g/mol. The number of methoxy groups -OCH3 is 1. The summed E-state index contributed by atoms with van der Waals surface area (Å²) in [5.74, 6) is 1.01. The first-order valence-electron chi connectivity index (χ1n) is 8.04. The molecule has 1 aliphatic rings. The van der Waals surface area contributed by atoms with Crippen LogP contribution >= 0.6 is 0 Å². The van der Waals surface area contributed by atoms with Crippen LogP contribution in [0.25, 0.3) is 0 Å². The normalized spacial score (nSPS) is 15.6. The molecule has 2 amide bonds. The quantitative estimate of drug-likeness (QED) is 0.894. The maximum atomic E-state index is 13.3. The Kier molecular flexibility index (Phi) is 4.53. The molecule has 2 aromatic carbocycles. The number of benzene rings is 2. The first-order valence-corrected chi connectivity index (χ1v) is 8.04. The van der Waals surface area contributed by atoms with E-state index in [2.05, 4.69) is 5.32 Å². The third-order valence-electron chi connectivity index (χ3n) is 3.96. The van der Waals surface area contributed by atoms with E-state index in [1.54, 1.807) is 24.1 Å². The van der Waals surface area contributed by atoms with Crippen molar-refractivity contribution < 1.29 is 18.7 Å². The number of carbonyl (C=O) groups excluding carboxylic acids is 1. The Balaban J connectivity index is 1.84. The number of nitrogens with one attached hydrogen (secondary N) is 1. The number of rotatable bonds is 2. The summed E-state index contributed by atoms with van der Waals surface area (Å²) in [6.45, 7) is 4.63. The van der Waals surface area contributed by atoms with E-state index >= 15 is 0 Å². The topological polar surface area (TPSA) is 50.8 Å². The van der Waals surface area contributed by atoms with Crippen molar-refractivity contribution in [2.75, 3.05) is 19.0 Å². The molecule has 0 saturated heterocycles. The van der Waals surface area contributed by atoms with Crippen LogP contribution in [0.2, 0.25) is 0 Å². The van der Waals surface area contributed by atoms with Gasteiger partial charge >= 0.3 is 6.03 Å². The highest BCUT2D eigenvalue weighted by atomic mass is 19.1. The SMILES string of the molecule is COc1ccc2c(c1)OC(C)(C)CN(C(=O)Nc1cccc(F)c1)C2. The number of urea groups is 1. The van der Waals surface area contributed by atoms with Gasteiger partial charge in [0.05, 0.1) is 20.2 Å². The fourth-order valence-electron chi connectivity index (χ4n) is 2.85. The van der Waals surface area contributed by atoms with E-state index in [0.717, 1.165) is 5.56 Å². The van der Waals surface area contributed by atoms with E-state index < -0.39 is 11.4 Å². The van der Waals surface area contributed by atoms with Gasteiger partial charge in [-0.2, -0.15) is 0 Å². The van der Waals surface area contributed by atoms with Gasteiger partial charge in [-0.15, -0.1) is 0 Å². The van der Waals surface area contributed by atoms with Crippen LogP contribution in [-0.4, -0.2) is 30.2 Å². The van der Waals surface area contributed by atoms with Crippen molar-refractivity contribution in [3.05, 3.63) is 53.8 Å². The summed E-state index contributed by atoms with van der Waals surface area (Å²) in [7, 11) is 1.60. The number of amides is 2. The second-order valence-corrected chi connectivity index (χ2v) is 6.63. The van der Waals surface area contributed by atoms with Gasteiger partial charge in [0.2, 0.25) is 0 Å². The molecule has 0 aliphatic carbocycles. The molecule has 6 heteroatoms. The highest BCUT2D eigenvalue weighted by Crippen LogP contribution is 2.32. The van der Waals surface area contributed by atoms with Gasteiger partial charge in [0.1, 0.15) is 22.9 Å². The van der Waals surface area contributed by atoms with Gasteiger partial charge in [-0.1, -0.05) is 6.07 Å². The van der Waals surface area contributed by atoms with Crippen molar-refractivity contribution in [3.8, 4) is 11.5 Å². The fourth-order valence-corrected chi connectivity index (χ4v) is 2.85. The second-order valence-electron chi connectivity index (χ2n) is 6.63. The lowest BCUT2D eigenvalue weighted by atomic mass is 10.1. The van der Waals surface area contributed by atoms with Gasteiger partial charge in [-0.25, -0.2) is 9.18 Å². The zero-order valence-corrected chi connectivity index (χ0v) is 14.5. The minimum absolute atomic E-state index is 0.300. The Hall–Kier alpha value is -2.76. The summed E-state index contributed by atoms with van der Waals surface area (Å²) in [5, 5.41) is 2.74. The Labute approximate surface area is 146 Å². The van der Waals surface area contributed by atoms with Gasteiger partial charge in [-0.05, 0) is 44.2 Å². The van der Waals surface area contributed by atoms with Gasteiger partial charge < -0.3 is 19.7 Å². The minimum Gasteiger partial charge on any atom is -0.497 e. The standard InChI is InChI=1S/C19H21FN2O3/c1-19(2)12-22(18(23)21-15-6-4-5-14(20)9-15)11-13-7-8-16(24-3)10-17(13)25-19/h4-10H,11-12H2,1-3H3,(H,21,23). The number of ether oxygens (including phenoxy) is 2. The largest absolute Gasteiger partial charge is 0.497 e. The zero-order chi connectivity index (χ0) is 18.0. The summed E-state index contributed by atoms with van der Waals surface area (Å²) in [5.41, 5.74) is 0.736. The first kappa shape index (κ1) is 17.1. The zero-order valence-electron chi connectivity index (χ0n) is 14.5. The maximum absolute atomic E-state index is 13.3.